The largest absolute Gasteiger partial charge is 0.350 e. The summed E-state index contributed by atoms with van der Waals surface area (Å²) in [7, 11) is 0. The van der Waals surface area contributed by atoms with Crippen LogP contribution in [0.5, 0.6) is 0 Å². The molecule has 1 atom stereocenters. The zero-order valence-corrected chi connectivity index (χ0v) is 18.0. The molecule has 1 unspecified atom stereocenters. The van der Waals surface area contributed by atoms with Gasteiger partial charge in [0, 0.05) is 17.1 Å². The lowest BCUT2D eigenvalue weighted by atomic mass is 10.0. The molecule has 2 amide bonds. The van der Waals surface area contributed by atoms with Crippen molar-refractivity contribution in [1.82, 2.24) is 10.2 Å². The fourth-order valence-electron chi connectivity index (χ4n) is 2.92. The molecule has 150 valence electrons. The summed E-state index contributed by atoms with van der Waals surface area (Å²) in [6.45, 7) is 9.89. The number of carbonyl (C=O) groups excluding carboxylic acids is 2. The fraction of sp³-hybridized carbons (Fsp3) is 0.391. The zero-order chi connectivity index (χ0) is 20.9. The molecule has 4 nitrogen and oxygen atoms in total. The monoisotopic (exact) mass is 400 g/mol. The van der Waals surface area contributed by atoms with Crippen molar-refractivity contribution in [1.29, 1.82) is 0 Å². The van der Waals surface area contributed by atoms with E-state index in [2.05, 4.69) is 5.32 Å². The van der Waals surface area contributed by atoms with Crippen molar-refractivity contribution in [2.24, 2.45) is 0 Å². The summed E-state index contributed by atoms with van der Waals surface area (Å²) < 4.78 is 0. The Morgan fingerprint density at radius 3 is 2.25 bits per heavy atom. The van der Waals surface area contributed by atoms with Crippen LogP contribution in [0.15, 0.2) is 48.5 Å². The summed E-state index contributed by atoms with van der Waals surface area (Å²) in [4.78, 5) is 27.5. The number of nitrogens with zero attached hydrogens (tertiary/aromatic N) is 1. The van der Waals surface area contributed by atoms with Gasteiger partial charge in [0.15, 0.2) is 0 Å². The molecular weight excluding hydrogens is 372 g/mol. The van der Waals surface area contributed by atoms with E-state index in [4.69, 9.17) is 11.6 Å². The third kappa shape index (κ3) is 6.38. The van der Waals surface area contributed by atoms with Crippen LogP contribution in [0.4, 0.5) is 0 Å². The highest BCUT2D eigenvalue weighted by Gasteiger charge is 2.28. The van der Waals surface area contributed by atoms with Crippen LogP contribution in [0, 0.1) is 6.92 Å². The van der Waals surface area contributed by atoms with Crippen LogP contribution in [0.3, 0.4) is 0 Å². The lowest BCUT2D eigenvalue weighted by molar-refractivity contribution is -0.140. The molecule has 2 rings (SSSR count). The molecule has 0 aliphatic carbocycles. The highest BCUT2D eigenvalue weighted by atomic mass is 35.5. The summed E-state index contributed by atoms with van der Waals surface area (Å²) in [6, 6.07) is 14.6. The molecule has 0 fully saturated rings. The maximum Gasteiger partial charge on any atom is 0.242 e. The molecule has 0 aliphatic rings. The smallest absolute Gasteiger partial charge is 0.242 e. The number of carbonyl (C=O) groups is 2. The maximum absolute atomic E-state index is 13.2. The Morgan fingerprint density at radius 2 is 1.68 bits per heavy atom. The normalized spacial score (nSPS) is 12.4. The number of amides is 2. The van der Waals surface area contributed by atoms with Crippen LogP contribution in [0.25, 0.3) is 0 Å². The minimum Gasteiger partial charge on any atom is -0.350 e. The van der Waals surface area contributed by atoms with E-state index < -0.39 is 6.04 Å². The van der Waals surface area contributed by atoms with Gasteiger partial charge in [-0.1, -0.05) is 48.0 Å². The van der Waals surface area contributed by atoms with Gasteiger partial charge < -0.3 is 10.2 Å². The van der Waals surface area contributed by atoms with E-state index >= 15 is 0 Å². The first-order valence-corrected chi connectivity index (χ1v) is 9.85. The molecule has 5 heteroatoms. The number of benzene rings is 2. The summed E-state index contributed by atoms with van der Waals surface area (Å²) in [5.41, 5.74) is 2.60. The van der Waals surface area contributed by atoms with E-state index in [1.807, 2.05) is 64.1 Å². The predicted molar refractivity (Wildman–Crippen MR) is 114 cm³/mol. The van der Waals surface area contributed by atoms with Gasteiger partial charge in [0.2, 0.25) is 11.8 Å². The van der Waals surface area contributed by atoms with E-state index in [-0.39, 0.29) is 23.8 Å². The van der Waals surface area contributed by atoms with Crippen LogP contribution in [0.1, 0.15) is 44.4 Å². The lowest BCUT2D eigenvalue weighted by Gasteiger charge is -2.31. The molecule has 0 heterocycles. The molecule has 0 aliphatic heterocycles. The van der Waals surface area contributed by atoms with Crippen LogP contribution in [-0.4, -0.2) is 28.3 Å². The first-order valence-electron chi connectivity index (χ1n) is 9.47. The van der Waals surface area contributed by atoms with E-state index in [9.17, 15) is 9.59 Å². The third-order valence-corrected chi connectivity index (χ3v) is 4.79. The Kier molecular flexibility index (Phi) is 7.25. The lowest BCUT2D eigenvalue weighted by Crippen LogP contribution is -2.52. The van der Waals surface area contributed by atoms with Crippen LogP contribution >= 0.6 is 11.6 Å². The van der Waals surface area contributed by atoms with E-state index in [1.165, 1.54) is 0 Å². The molecule has 0 spiro atoms. The molecule has 0 saturated carbocycles. The average Bonchev–Trinajstić information content (AvgIpc) is 2.61. The Hall–Kier alpha value is -2.33. The Bertz CT molecular complexity index is 825. The van der Waals surface area contributed by atoms with Gasteiger partial charge in [-0.25, -0.2) is 0 Å². The number of hydrogen-bond acceptors (Lipinski definition) is 2. The summed E-state index contributed by atoms with van der Waals surface area (Å²) in [6.07, 6.45) is 0.257. The summed E-state index contributed by atoms with van der Waals surface area (Å²) in [5, 5.41) is 3.61. The predicted octanol–water partition coefficient (Wildman–Crippen LogP) is 4.52. The van der Waals surface area contributed by atoms with Crippen LogP contribution < -0.4 is 5.32 Å². The topological polar surface area (TPSA) is 49.4 Å². The molecule has 0 bridgehead atoms. The van der Waals surface area contributed by atoms with Crippen molar-refractivity contribution in [3.8, 4) is 0 Å². The van der Waals surface area contributed by atoms with Gasteiger partial charge in [0.1, 0.15) is 6.04 Å². The molecule has 2 aromatic carbocycles. The van der Waals surface area contributed by atoms with Crippen molar-refractivity contribution in [2.75, 3.05) is 0 Å². The second kappa shape index (κ2) is 9.24. The van der Waals surface area contributed by atoms with Gasteiger partial charge in [0.25, 0.3) is 0 Å². The van der Waals surface area contributed by atoms with E-state index in [0.717, 1.165) is 16.7 Å². The minimum absolute atomic E-state index is 0.0826. The van der Waals surface area contributed by atoms with Gasteiger partial charge in [-0.3, -0.25) is 9.59 Å². The maximum atomic E-state index is 13.2. The molecule has 28 heavy (non-hydrogen) atoms. The summed E-state index contributed by atoms with van der Waals surface area (Å²) in [5.74, 6) is -0.250. The molecule has 0 saturated heterocycles. The Balaban J connectivity index is 2.26. The number of halogens is 1. The molecule has 2 aromatic rings. The number of nitrogens with one attached hydrogen (secondary N) is 1. The van der Waals surface area contributed by atoms with Gasteiger partial charge in [-0.05, 0) is 63.4 Å². The number of rotatable bonds is 6. The zero-order valence-electron chi connectivity index (χ0n) is 17.3. The van der Waals surface area contributed by atoms with Crippen LogP contribution in [0.2, 0.25) is 5.02 Å². The number of hydrogen-bond donors (Lipinski definition) is 1. The van der Waals surface area contributed by atoms with E-state index in [1.54, 1.807) is 24.0 Å². The average molecular weight is 401 g/mol. The summed E-state index contributed by atoms with van der Waals surface area (Å²) >= 11 is 5.98. The first-order chi connectivity index (χ1) is 13.1. The molecule has 1 N–H and O–H groups in total. The van der Waals surface area contributed by atoms with Crippen molar-refractivity contribution in [3.05, 3.63) is 70.2 Å². The number of aryl methyl sites for hydroxylation is 1. The SMILES string of the molecule is Cc1ccccc1CC(=O)N(Cc1ccc(Cl)cc1)C(C)C(=O)NC(C)(C)C. The molecular formula is C23H29ClN2O2. The minimum atomic E-state index is -0.591. The van der Waals surface area contributed by atoms with Crippen molar-refractivity contribution in [2.45, 2.75) is 59.2 Å². The third-order valence-electron chi connectivity index (χ3n) is 4.53. The van der Waals surface area contributed by atoms with Crippen LogP contribution in [-0.2, 0) is 22.6 Å². The van der Waals surface area contributed by atoms with Gasteiger partial charge in [0.05, 0.1) is 6.42 Å². The van der Waals surface area contributed by atoms with Crippen molar-refractivity contribution in [3.63, 3.8) is 0 Å². The van der Waals surface area contributed by atoms with E-state index in [0.29, 0.717) is 11.6 Å². The molecule has 0 aromatic heterocycles. The molecule has 0 radical (unpaired) electrons. The Morgan fingerprint density at radius 1 is 1.07 bits per heavy atom. The van der Waals surface area contributed by atoms with Crippen molar-refractivity contribution >= 4 is 23.4 Å². The highest BCUT2D eigenvalue weighted by molar-refractivity contribution is 6.30. The quantitative estimate of drug-likeness (QED) is 0.774. The fourth-order valence-corrected chi connectivity index (χ4v) is 3.04. The Labute approximate surface area is 172 Å². The van der Waals surface area contributed by atoms with Gasteiger partial charge >= 0.3 is 0 Å². The second-order valence-electron chi connectivity index (χ2n) is 8.17. The van der Waals surface area contributed by atoms with Gasteiger partial charge in [-0.15, -0.1) is 0 Å². The second-order valence-corrected chi connectivity index (χ2v) is 8.60. The van der Waals surface area contributed by atoms with Crippen molar-refractivity contribution < 1.29 is 9.59 Å². The standard InChI is InChI=1S/C23H29ClN2O2/c1-16-8-6-7-9-19(16)14-21(27)26(15-18-10-12-20(24)13-11-18)17(2)22(28)25-23(3,4)5/h6-13,17H,14-15H2,1-5H3,(H,25,28). The van der Waals surface area contributed by atoms with Gasteiger partial charge in [-0.2, -0.15) is 0 Å². The highest BCUT2D eigenvalue weighted by Crippen LogP contribution is 2.17. The first kappa shape index (κ1) is 22.0.